The van der Waals surface area contributed by atoms with Gasteiger partial charge in [0.05, 0.1) is 0 Å². The summed E-state index contributed by atoms with van der Waals surface area (Å²) in [5, 5.41) is 0. The molecule has 0 radical (unpaired) electrons. The highest BCUT2D eigenvalue weighted by molar-refractivity contribution is 6.52. The average Bonchev–Trinajstić information content (AvgIpc) is 2.79. The second kappa shape index (κ2) is 4.82. The zero-order valence-electron chi connectivity index (χ0n) is 10.5. The molecule has 1 aliphatic rings. The first-order chi connectivity index (χ1) is 8.11. The molecular weight excluding hydrogens is 251 g/mol. The van der Waals surface area contributed by atoms with E-state index in [0.717, 1.165) is 25.7 Å². The average molecular weight is 271 g/mol. The molecule has 2 atom stereocenters. The van der Waals surface area contributed by atoms with Crippen LogP contribution in [0.2, 0.25) is 0 Å². The van der Waals surface area contributed by atoms with Crippen LogP contribution in [0.4, 0.5) is 0 Å². The Hall–Kier alpha value is -0.200. The van der Waals surface area contributed by atoms with Gasteiger partial charge in [-0.1, -0.05) is 57.0 Å². The van der Waals surface area contributed by atoms with Gasteiger partial charge >= 0.3 is 0 Å². The van der Waals surface area contributed by atoms with E-state index in [4.69, 9.17) is 23.2 Å². The van der Waals surface area contributed by atoms with Gasteiger partial charge in [0, 0.05) is 11.3 Å². The molecule has 1 aliphatic carbocycles. The van der Waals surface area contributed by atoms with E-state index >= 15 is 0 Å². The van der Waals surface area contributed by atoms with Crippen molar-refractivity contribution in [3.8, 4) is 0 Å². The van der Waals surface area contributed by atoms with Gasteiger partial charge in [-0.3, -0.25) is 0 Å². The lowest BCUT2D eigenvalue weighted by atomic mass is 9.87. The Morgan fingerprint density at radius 3 is 2.24 bits per heavy atom. The van der Waals surface area contributed by atoms with Crippen molar-refractivity contribution in [1.82, 2.24) is 0 Å². The van der Waals surface area contributed by atoms with Crippen molar-refractivity contribution in [2.45, 2.75) is 49.3 Å². The third-order valence-corrected chi connectivity index (χ3v) is 5.26. The molecule has 0 amide bonds. The van der Waals surface area contributed by atoms with E-state index in [0.29, 0.717) is 5.92 Å². The minimum Gasteiger partial charge on any atom is -0.100 e. The van der Waals surface area contributed by atoms with Crippen LogP contribution < -0.4 is 0 Å². The second-order valence-corrected chi connectivity index (χ2v) is 6.44. The fourth-order valence-electron chi connectivity index (χ4n) is 3.26. The Labute approximate surface area is 114 Å². The van der Waals surface area contributed by atoms with Gasteiger partial charge in [-0.2, -0.15) is 0 Å². The van der Waals surface area contributed by atoms with Crippen LogP contribution in [0.15, 0.2) is 30.3 Å². The molecule has 0 N–H and O–H groups in total. The van der Waals surface area contributed by atoms with Crippen LogP contribution in [0.25, 0.3) is 0 Å². The third-order valence-electron chi connectivity index (χ3n) is 4.05. The minimum absolute atomic E-state index is 0.0118. The molecule has 1 saturated carbocycles. The van der Waals surface area contributed by atoms with Gasteiger partial charge in [0.25, 0.3) is 0 Å². The third kappa shape index (κ3) is 1.90. The van der Waals surface area contributed by atoms with Gasteiger partial charge in [0.15, 0.2) is 0 Å². The lowest BCUT2D eigenvalue weighted by Gasteiger charge is -2.18. The first-order valence-electron chi connectivity index (χ1n) is 6.54. The van der Waals surface area contributed by atoms with Crippen molar-refractivity contribution < 1.29 is 0 Å². The molecule has 0 unspecified atom stereocenters. The van der Waals surface area contributed by atoms with E-state index in [1.165, 1.54) is 5.56 Å². The maximum Gasteiger partial charge on any atom is 0.132 e. The maximum absolute atomic E-state index is 6.59. The summed E-state index contributed by atoms with van der Waals surface area (Å²) < 4.78 is -0.569. The van der Waals surface area contributed by atoms with Gasteiger partial charge in [-0.05, 0) is 18.4 Å². The van der Waals surface area contributed by atoms with Gasteiger partial charge in [0.1, 0.15) is 4.33 Å². The highest BCUT2D eigenvalue weighted by atomic mass is 35.5. The quantitative estimate of drug-likeness (QED) is 0.635. The molecule has 2 rings (SSSR count). The lowest BCUT2D eigenvalue weighted by Crippen LogP contribution is -2.15. The Morgan fingerprint density at radius 2 is 1.71 bits per heavy atom. The van der Waals surface area contributed by atoms with E-state index in [2.05, 4.69) is 38.1 Å². The molecule has 0 aliphatic heterocycles. The van der Waals surface area contributed by atoms with Crippen LogP contribution in [-0.4, -0.2) is 4.33 Å². The van der Waals surface area contributed by atoms with Crippen LogP contribution in [0, 0.1) is 5.92 Å². The predicted octanol–water partition coefficient (Wildman–Crippen LogP) is 5.33. The summed E-state index contributed by atoms with van der Waals surface area (Å²) >= 11 is 13.2. The van der Waals surface area contributed by atoms with Crippen LogP contribution in [0.3, 0.4) is 0 Å². The van der Waals surface area contributed by atoms with Crippen LogP contribution in [0.5, 0.6) is 0 Å². The Morgan fingerprint density at radius 1 is 1.06 bits per heavy atom. The number of hydrogen-bond acceptors (Lipinski definition) is 0. The molecule has 0 spiro atoms. The minimum atomic E-state index is -0.569. The topological polar surface area (TPSA) is 0 Å². The smallest absolute Gasteiger partial charge is 0.100 e. The monoisotopic (exact) mass is 270 g/mol. The SMILES string of the molecule is CCC[C@@H]1C(Cl)(Cl)[C@@]1(CCC)c1ccccc1. The highest BCUT2D eigenvalue weighted by Gasteiger charge is 2.74. The molecule has 1 fully saturated rings. The van der Waals surface area contributed by atoms with Crippen molar-refractivity contribution >= 4 is 23.2 Å². The van der Waals surface area contributed by atoms with E-state index in [1.807, 2.05) is 6.07 Å². The molecule has 1 aromatic carbocycles. The van der Waals surface area contributed by atoms with Crippen molar-refractivity contribution in [3.63, 3.8) is 0 Å². The molecule has 0 bridgehead atoms. The summed E-state index contributed by atoms with van der Waals surface area (Å²) in [4.78, 5) is 0. The van der Waals surface area contributed by atoms with Crippen molar-refractivity contribution in [1.29, 1.82) is 0 Å². The van der Waals surface area contributed by atoms with Crippen LogP contribution in [-0.2, 0) is 5.41 Å². The van der Waals surface area contributed by atoms with Crippen molar-refractivity contribution in [2.75, 3.05) is 0 Å². The summed E-state index contributed by atoms with van der Waals surface area (Å²) in [6.45, 7) is 4.40. The Bertz CT molecular complexity index is 372. The first-order valence-corrected chi connectivity index (χ1v) is 7.30. The maximum atomic E-state index is 6.59. The van der Waals surface area contributed by atoms with Crippen LogP contribution in [0.1, 0.15) is 45.1 Å². The summed E-state index contributed by atoms with van der Waals surface area (Å²) in [5.41, 5.74) is 1.30. The first kappa shape index (κ1) is 13.2. The molecule has 0 nitrogen and oxygen atoms in total. The predicted molar refractivity (Wildman–Crippen MR) is 75.9 cm³/mol. The Balaban J connectivity index is 2.36. The van der Waals surface area contributed by atoms with Crippen molar-refractivity contribution in [3.05, 3.63) is 35.9 Å². The second-order valence-electron chi connectivity index (χ2n) is 5.05. The largest absolute Gasteiger partial charge is 0.132 e. The normalized spacial score (nSPS) is 30.2. The van der Waals surface area contributed by atoms with E-state index in [1.54, 1.807) is 0 Å². The lowest BCUT2D eigenvalue weighted by molar-refractivity contribution is 0.520. The summed E-state index contributed by atoms with van der Waals surface area (Å²) in [7, 11) is 0. The Kier molecular flexibility index (Phi) is 3.75. The molecule has 2 heteroatoms. The molecule has 0 aromatic heterocycles. The number of rotatable bonds is 5. The molecule has 0 saturated heterocycles. The van der Waals surface area contributed by atoms with E-state index < -0.39 is 4.33 Å². The van der Waals surface area contributed by atoms with E-state index in [9.17, 15) is 0 Å². The van der Waals surface area contributed by atoms with Gasteiger partial charge < -0.3 is 0 Å². The number of benzene rings is 1. The summed E-state index contributed by atoms with van der Waals surface area (Å²) in [5.74, 6) is 0.408. The number of halogens is 2. The fourth-order valence-corrected chi connectivity index (χ4v) is 4.41. The number of hydrogen-bond donors (Lipinski definition) is 0. The van der Waals surface area contributed by atoms with Crippen molar-refractivity contribution in [2.24, 2.45) is 5.92 Å². The van der Waals surface area contributed by atoms with Gasteiger partial charge in [-0.15, -0.1) is 23.2 Å². The number of alkyl halides is 2. The van der Waals surface area contributed by atoms with Gasteiger partial charge in [-0.25, -0.2) is 0 Å². The summed E-state index contributed by atoms with van der Waals surface area (Å²) in [6, 6.07) is 10.6. The van der Waals surface area contributed by atoms with Crippen LogP contribution >= 0.6 is 23.2 Å². The fraction of sp³-hybridized carbons (Fsp3) is 0.600. The summed E-state index contributed by atoms with van der Waals surface area (Å²) in [6.07, 6.45) is 4.46. The van der Waals surface area contributed by atoms with Gasteiger partial charge in [0.2, 0.25) is 0 Å². The molecule has 1 aromatic rings. The standard InChI is InChI=1S/C15H20Cl2/c1-3-8-13-14(11-4-2,15(13,16)17)12-9-6-5-7-10-12/h5-7,9-10,13H,3-4,8,11H2,1-2H3/t13-,14-/m0/s1. The zero-order valence-corrected chi connectivity index (χ0v) is 12.1. The molecular formula is C15H20Cl2. The zero-order chi connectivity index (χ0) is 12.5. The molecule has 94 valence electrons. The molecule has 17 heavy (non-hydrogen) atoms. The molecule has 0 heterocycles. The van der Waals surface area contributed by atoms with E-state index in [-0.39, 0.29) is 5.41 Å². The highest BCUT2D eigenvalue weighted by Crippen LogP contribution is 2.73.